The maximum absolute atomic E-state index is 12.5. The second-order valence-electron chi connectivity index (χ2n) is 5.72. The molecule has 0 saturated heterocycles. The van der Waals surface area contributed by atoms with Crippen molar-refractivity contribution in [1.82, 2.24) is 15.3 Å². The molecule has 0 aliphatic carbocycles. The Bertz CT molecular complexity index is 884. The van der Waals surface area contributed by atoms with Crippen molar-refractivity contribution in [3.63, 3.8) is 0 Å². The number of nitrogens with one attached hydrogen (secondary N) is 2. The summed E-state index contributed by atoms with van der Waals surface area (Å²) in [5, 5.41) is 5.85. The molecule has 2 N–H and O–H groups in total. The SMILES string of the molecule is COc1cnccc1[C@@H](C)NC(=O)Nc1ccccc1-c1ccncc1. The number of nitrogens with zero attached hydrogens (tertiary/aromatic N) is 2. The molecule has 0 unspecified atom stereocenters. The Morgan fingerprint density at radius 1 is 1.04 bits per heavy atom. The zero-order valence-electron chi connectivity index (χ0n) is 14.6. The molecule has 0 aliphatic heterocycles. The minimum atomic E-state index is -0.294. The van der Waals surface area contributed by atoms with Gasteiger partial charge in [0.05, 0.1) is 25.0 Å². The largest absolute Gasteiger partial charge is 0.495 e. The Morgan fingerprint density at radius 3 is 2.54 bits per heavy atom. The summed E-state index contributed by atoms with van der Waals surface area (Å²) in [4.78, 5) is 20.6. The van der Waals surface area contributed by atoms with Crippen LogP contribution >= 0.6 is 0 Å². The van der Waals surface area contributed by atoms with Crippen molar-refractivity contribution < 1.29 is 9.53 Å². The highest BCUT2D eigenvalue weighted by atomic mass is 16.5. The van der Waals surface area contributed by atoms with E-state index in [0.717, 1.165) is 22.4 Å². The first-order valence-corrected chi connectivity index (χ1v) is 8.24. The molecule has 2 heterocycles. The molecule has 1 aromatic carbocycles. The summed E-state index contributed by atoms with van der Waals surface area (Å²) in [6, 6.07) is 12.8. The molecule has 0 radical (unpaired) electrons. The number of carbonyl (C=O) groups is 1. The summed E-state index contributed by atoms with van der Waals surface area (Å²) in [5.74, 6) is 0.637. The third-order valence-corrected chi connectivity index (χ3v) is 4.02. The average Bonchev–Trinajstić information content (AvgIpc) is 2.69. The Labute approximate surface area is 152 Å². The number of urea groups is 1. The van der Waals surface area contributed by atoms with Crippen LogP contribution in [0.3, 0.4) is 0 Å². The van der Waals surface area contributed by atoms with E-state index in [-0.39, 0.29) is 12.1 Å². The predicted molar refractivity (Wildman–Crippen MR) is 101 cm³/mol. The van der Waals surface area contributed by atoms with E-state index in [0.29, 0.717) is 5.75 Å². The summed E-state index contributed by atoms with van der Waals surface area (Å²) in [5.41, 5.74) is 3.50. The van der Waals surface area contributed by atoms with E-state index < -0.39 is 0 Å². The zero-order chi connectivity index (χ0) is 18.4. The smallest absolute Gasteiger partial charge is 0.319 e. The lowest BCUT2D eigenvalue weighted by Crippen LogP contribution is -2.31. The third kappa shape index (κ3) is 3.97. The van der Waals surface area contributed by atoms with Gasteiger partial charge in [0.2, 0.25) is 0 Å². The van der Waals surface area contributed by atoms with Crippen LogP contribution in [0.1, 0.15) is 18.5 Å². The highest BCUT2D eigenvalue weighted by Crippen LogP contribution is 2.28. The van der Waals surface area contributed by atoms with Crippen molar-refractivity contribution in [3.8, 4) is 16.9 Å². The number of hydrogen-bond acceptors (Lipinski definition) is 4. The third-order valence-electron chi connectivity index (χ3n) is 4.02. The monoisotopic (exact) mass is 348 g/mol. The number of amides is 2. The number of hydrogen-bond donors (Lipinski definition) is 2. The molecule has 6 heteroatoms. The van der Waals surface area contributed by atoms with Gasteiger partial charge < -0.3 is 15.4 Å². The number of pyridine rings is 2. The predicted octanol–water partition coefficient (Wildman–Crippen LogP) is 4.03. The lowest BCUT2D eigenvalue weighted by molar-refractivity contribution is 0.249. The van der Waals surface area contributed by atoms with Crippen molar-refractivity contribution in [1.29, 1.82) is 0 Å². The molecule has 1 atom stereocenters. The van der Waals surface area contributed by atoms with E-state index in [4.69, 9.17) is 4.74 Å². The van der Waals surface area contributed by atoms with Crippen molar-refractivity contribution in [2.45, 2.75) is 13.0 Å². The van der Waals surface area contributed by atoms with Gasteiger partial charge in [0, 0.05) is 29.7 Å². The first-order valence-electron chi connectivity index (χ1n) is 8.24. The number of methoxy groups -OCH3 is 1. The van der Waals surface area contributed by atoms with Crippen LogP contribution in [0.4, 0.5) is 10.5 Å². The number of aromatic nitrogens is 2. The molecule has 6 nitrogen and oxygen atoms in total. The fourth-order valence-electron chi connectivity index (χ4n) is 2.73. The van der Waals surface area contributed by atoms with E-state index in [1.54, 1.807) is 31.9 Å². The number of carbonyl (C=O) groups excluding carboxylic acids is 1. The molecule has 132 valence electrons. The molecule has 0 spiro atoms. The van der Waals surface area contributed by atoms with E-state index >= 15 is 0 Å². The molecule has 26 heavy (non-hydrogen) atoms. The maximum atomic E-state index is 12.5. The van der Waals surface area contributed by atoms with E-state index in [9.17, 15) is 4.79 Å². The average molecular weight is 348 g/mol. The van der Waals surface area contributed by atoms with Crippen LogP contribution in [0.25, 0.3) is 11.1 Å². The van der Waals surface area contributed by atoms with Gasteiger partial charge in [-0.05, 0) is 36.8 Å². The van der Waals surface area contributed by atoms with Gasteiger partial charge in [0.1, 0.15) is 5.75 Å². The number of para-hydroxylation sites is 1. The molecular formula is C20H20N4O2. The fourth-order valence-corrected chi connectivity index (χ4v) is 2.73. The van der Waals surface area contributed by atoms with Gasteiger partial charge in [-0.25, -0.2) is 4.79 Å². The number of ether oxygens (including phenoxy) is 1. The highest BCUT2D eigenvalue weighted by Gasteiger charge is 2.15. The second-order valence-corrected chi connectivity index (χ2v) is 5.72. The Morgan fingerprint density at radius 2 is 1.77 bits per heavy atom. The minimum Gasteiger partial charge on any atom is -0.495 e. The van der Waals surface area contributed by atoms with Gasteiger partial charge in [0.25, 0.3) is 0 Å². The van der Waals surface area contributed by atoms with Gasteiger partial charge in [0.15, 0.2) is 0 Å². The van der Waals surface area contributed by atoms with Crippen molar-refractivity contribution in [2.24, 2.45) is 0 Å². The molecular weight excluding hydrogens is 328 g/mol. The summed E-state index contributed by atoms with van der Waals surface area (Å²) in [6.45, 7) is 1.90. The van der Waals surface area contributed by atoms with Gasteiger partial charge in [-0.1, -0.05) is 18.2 Å². The lowest BCUT2D eigenvalue weighted by atomic mass is 10.1. The molecule has 3 rings (SSSR count). The fraction of sp³-hybridized carbons (Fsp3) is 0.150. The first kappa shape index (κ1) is 17.4. The Hall–Kier alpha value is -3.41. The summed E-state index contributed by atoms with van der Waals surface area (Å²) < 4.78 is 5.30. The molecule has 0 saturated carbocycles. The Balaban J connectivity index is 1.75. The summed E-state index contributed by atoms with van der Waals surface area (Å²) >= 11 is 0. The van der Waals surface area contributed by atoms with Crippen LogP contribution in [0.15, 0.2) is 67.3 Å². The van der Waals surface area contributed by atoms with Crippen LogP contribution in [0.2, 0.25) is 0 Å². The van der Waals surface area contributed by atoms with E-state index in [1.165, 1.54) is 0 Å². The van der Waals surface area contributed by atoms with Gasteiger partial charge in [-0.3, -0.25) is 9.97 Å². The molecule has 2 aromatic heterocycles. The van der Waals surface area contributed by atoms with Crippen LogP contribution in [-0.4, -0.2) is 23.1 Å². The summed E-state index contributed by atoms with van der Waals surface area (Å²) in [7, 11) is 1.58. The van der Waals surface area contributed by atoms with E-state index in [1.807, 2.05) is 49.4 Å². The van der Waals surface area contributed by atoms with Crippen LogP contribution in [-0.2, 0) is 0 Å². The zero-order valence-corrected chi connectivity index (χ0v) is 14.6. The lowest BCUT2D eigenvalue weighted by Gasteiger charge is -2.18. The van der Waals surface area contributed by atoms with Gasteiger partial charge >= 0.3 is 6.03 Å². The molecule has 0 bridgehead atoms. The first-order chi connectivity index (χ1) is 12.7. The number of rotatable bonds is 5. The number of anilines is 1. The van der Waals surface area contributed by atoms with Crippen LogP contribution in [0, 0.1) is 0 Å². The second kappa shape index (κ2) is 8.11. The normalized spacial score (nSPS) is 11.5. The molecule has 0 fully saturated rings. The van der Waals surface area contributed by atoms with Crippen LogP contribution < -0.4 is 15.4 Å². The topological polar surface area (TPSA) is 76.1 Å². The molecule has 2 amide bonds. The standard InChI is InChI=1S/C20H20N4O2/c1-14(16-9-12-22-13-19(16)26-2)23-20(25)24-18-6-4-3-5-17(18)15-7-10-21-11-8-15/h3-14H,1-2H3,(H2,23,24,25)/t14-/m1/s1. The quantitative estimate of drug-likeness (QED) is 0.730. The number of benzene rings is 1. The van der Waals surface area contributed by atoms with Crippen LogP contribution in [0.5, 0.6) is 5.75 Å². The Kier molecular flexibility index (Phi) is 5.43. The maximum Gasteiger partial charge on any atom is 0.319 e. The summed E-state index contributed by atoms with van der Waals surface area (Å²) in [6.07, 6.45) is 6.75. The van der Waals surface area contributed by atoms with Crippen molar-refractivity contribution >= 4 is 11.7 Å². The van der Waals surface area contributed by atoms with Crippen molar-refractivity contribution in [2.75, 3.05) is 12.4 Å². The highest BCUT2D eigenvalue weighted by molar-refractivity contribution is 5.94. The van der Waals surface area contributed by atoms with E-state index in [2.05, 4.69) is 20.6 Å². The molecule has 3 aromatic rings. The van der Waals surface area contributed by atoms with Crippen molar-refractivity contribution in [3.05, 3.63) is 72.8 Å². The minimum absolute atomic E-state index is 0.235. The van der Waals surface area contributed by atoms with Gasteiger partial charge in [-0.15, -0.1) is 0 Å². The molecule has 0 aliphatic rings. The van der Waals surface area contributed by atoms with Gasteiger partial charge in [-0.2, -0.15) is 0 Å².